The first kappa shape index (κ1) is 14.7. The molecule has 4 heteroatoms. The van der Waals surface area contributed by atoms with Crippen LogP contribution in [0, 0.1) is 0 Å². The molecular weight excluding hydrogens is 320 g/mol. The molecule has 0 amide bonds. The Balaban J connectivity index is 1.84. The minimum Gasteiger partial charge on any atom is -0.326 e. The maximum Gasteiger partial charge on any atom is 0.0285 e. The van der Waals surface area contributed by atoms with Crippen molar-refractivity contribution < 1.29 is 0 Å². The third kappa shape index (κ3) is 4.73. The number of rotatable bonds is 6. The summed E-state index contributed by atoms with van der Waals surface area (Å²) in [6, 6.07) is 10.7. The maximum atomic E-state index is 5.67. The number of likely N-dealkylation sites (N-methyl/N-ethyl adjacent to an activating group) is 1. The standard InChI is InChI=1S/C15H19BrN2S/c1-18(6-5-15-8-14(16)11-19-15)10-13-4-2-3-12(7-13)9-17/h2-4,7-8,11H,5-6,9-10,17H2,1H3. The van der Waals surface area contributed by atoms with E-state index in [4.69, 9.17) is 5.73 Å². The summed E-state index contributed by atoms with van der Waals surface area (Å²) in [5, 5.41) is 2.14. The number of hydrogen-bond donors (Lipinski definition) is 1. The van der Waals surface area contributed by atoms with Gasteiger partial charge in [0.25, 0.3) is 0 Å². The highest BCUT2D eigenvalue weighted by atomic mass is 79.9. The minimum atomic E-state index is 0.612. The van der Waals surface area contributed by atoms with E-state index in [2.05, 4.69) is 63.6 Å². The van der Waals surface area contributed by atoms with Gasteiger partial charge in [-0.1, -0.05) is 24.3 Å². The van der Waals surface area contributed by atoms with E-state index in [0.717, 1.165) is 19.5 Å². The second-order valence-electron chi connectivity index (χ2n) is 4.74. The Bertz CT molecular complexity index is 524. The summed E-state index contributed by atoms with van der Waals surface area (Å²) in [5.41, 5.74) is 8.20. The number of halogens is 1. The lowest BCUT2D eigenvalue weighted by atomic mass is 10.1. The average Bonchev–Trinajstić information content (AvgIpc) is 2.82. The van der Waals surface area contributed by atoms with E-state index in [9.17, 15) is 0 Å². The van der Waals surface area contributed by atoms with Crippen LogP contribution in [0.25, 0.3) is 0 Å². The summed E-state index contributed by atoms with van der Waals surface area (Å²) < 4.78 is 1.19. The van der Waals surface area contributed by atoms with Crippen LogP contribution in [0.5, 0.6) is 0 Å². The second kappa shape index (κ2) is 7.20. The molecule has 0 aliphatic carbocycles. The van der Waals surface area contributed by atoms with Crippen molar-refractivity contribution in [1.82, 2.24) is 4.90 Å². The van der Waals surface area contributed by atoms with Crippen molar-refractivity contribution in [3.05, 3.63) is 56.2 Å². The number of thiophene rings is 1. The highest BCUT2D eigenvalue weighted by Crippen LogP contribution is 2.20. The summed E-state index contributed by atoms with van der Waals surface area (Å²) in [6.07, 6.45) is 1.10. The highest BCUT2D eigenvalue weighted by molar-refractivity contribution is 9.10. The molecule has 0 aliphatic rings. The van der Waals surface area contributed by atoms with Crippen LogP contribution in [0.4, 0.5) is 0 Å². The van der Waals surface area contributed by atoms with Crippen molar-refractivity contribution >= 4 is 27.3 Å². The Morgan fingerprint density at radius 1 is 1.26 bits per heavy atom. The van der Waals surface area contributed by atoms with Gasteiger partial charge in [-0.2, -0.15) is 0 Å². The molecule has 2 N–H and O–H groups in total. The van der Waals surface area contributed by atoms with Crippen molar-refractivity contribution in [2.45, 2.75) is 19.5 Å². The van der Waals surface area contributed by atoms with Gasteiger partial charge >= 0.3 is 0 Å². The Hall–Kier alpha value is -0.680. The molecule has 0 unspecified atom stereocenters. The Labute approximate surface area is 127 Å². The summed E-state index contributed by atoms with van der Waals surface area (Å²) >= 11 is 5.31. The summed E-state index contributed by atoms with van der Waals surface area (Å²) in [4.78, 5) is 3.78. The fraction of sp³-hybridized carbons (Fsp3) is 0.333. The molecule has 2 aromatic rings. The van der Waals surface area contributed by atoms with Gasteiger partial charge in [0.1, 0.15) is 0 Å². The van der Waals surface area contributed by atoms with Gasteiger partial charge in [-0.05, 0) is 46.6 Å². The number of hydrogen-bond acceptors (Lipinski definition) is 3. The fourth-order valence-corrected chi connectivity index (χ4v) is 3.48. The SMILES string of the molecule is CN(CCc1cc(Br)cs1)Cc1cccc(CN)c1. The molecule has 2 nitrogen and oxygen atoms in total. The zero-order chi connectivity index (χ0) is 13.7. The van der Waals surface area contributed by atoms with Crippen LogP contribution in [0.15, 0.2) is 40.2 Å². The predicted molar refractivity (Wildman–Crippen MR) is 86.4 cm³/mol. The molecule has 0 bridgehead atoms. The van der Waals surface area contributed by atoms with Gasteiger partial charge in [0.05, 0.1) is 0 Å². The molecule has 0 radical (unpaired) electrons. The van der Waals surface area contributed by atoms with E-state index >= 15 is 0 Å². The lowest BCUT2D eigenvalue weighted by Crippen LogP contribution is -2.20. The first-order valence-corrected chi connectivity index (χ1v) is 8.04. The first-order valence-electron chi connectivity index (χ1n) is 6.36. The largest absolute Gasteiger partial charge is 0.326 e. The molecule has 19 heavy (non-hydrogen) atoms. The average molecular weight is 339 g/mol. The molecule has 0 spiro atoms. The van der Waals surface area contributed by atoms with E-state index in [1.165, 1.54) is 20.5 Å². The molecule has 0 atom stereocenters. The van der Waals surface area contributed by atoms with Gasteiger partial charge in [0, 0.05) is 34.4 Å². The monoisotopic (exact) mass is 338 g/mol. The molecule has 0 saturated heterocycles. The normalized spacial score (nSPS) is 11.2. The van der Waals surface area contributed by atoms with Gasteiger partial charge in [-0.15, -0.1) is 11.3 Å². The van der Waals surface area contributed by atoms with Crippen LogP contribution in [-0.2, 0) is 19.5 Å². The molecule has 1 aromatic heterocycles. The van der Waals surface area contributed by atoms with Crippen molar-refractivity contribution in [3.63, 3.8) is 0 Å². The molecule has 0 fully saturated rings. The number of nitrogens with two attached hydrogens (primary N) is 1. The lowest BCUT2D eigenvalue weighted by molar-refractivity contribution is 0.332. The summed E-state index contributed by atoms with van der Waals surface area (Å²) in [7, 11) is 2.16. The second-order valence-corrected chi connectivity index (χ2v) is 6.65. The van der Waals surface area contributed by atoms with Crippen LogP contribution in [0.1, 0.15) is 16.0 Å². The van der Waals surface area contributed by atoms with E-state index in [0.29, 0.717) is 6.54 Å². The van der Waals surface area contributed by atoms with Gasteiger partial charge < -0.3 is 10.6 Å². The van der Waals surface area contributed by atoms with Crippen LogP contribution in [0.2, 0.25) is 0 Å². The Morgan fingerprint density at radius 2 is 2.05 bits per heavy atom. The quantitative estimate of drug-likeness (QED) is 0.871. The van der Waals surface area contributed by atoms with E-state index in [-0.39, 0.29) is 0 Å². The van der Waals surface area contributed by atoms with Gasteiger partial charge in [0.2, 0.25) is 0 Å². The molecule has 0 aliphatic heterocycles. The van der Waals surface area contributed by atoms with Gasteiger partial charge in [-0.3, -0.25) is 0 Å². The van der Waals surface area contributed by atoms with E-state index in [1.54, 1.807) is 0 Å². The smallest absolute Gasteiger partial charge is 0.0285 e. The van der Waals surface area contributed by atoms with Gasteiger partial charge in [-0.25, -0.2) is 0 Å². The van der Waals surface area contributed by atoms with Gasteiger partial charge in [0.15, 0.2) is 0 Å². The minimum absolute atomic E-state index is 0.612. The van der Waals surface area contributed by atoms with Crippen LogP contribution >= 0.6 is 27.3 Å². The number of nitrogens with zero attached hydrogens (tertiary/aromatic N) is 1. The molecule has 102 valence electrons. The third-order valence-corrected chi connectivity index (χ3v) is 4.80. The van der Waals surface area contributed by atoms with Crippen LogP contribution in [-0.4, -0.2) is 18.5 Å². The van der Waals surface area contributed by atoms with Crippen molar-refractivity contribution in [2.24, 2.45) is 5.73 Å². The third-order valence-electron chi connectivity index (χ3n) is 3.04. The van der Waals surface area contributed by atoms with Crippen LogP contribution in [0.3, 0.4) is 0 Å². The molecular formula is C15H19BrN2S. The van der Waals surface area contributed by atoms with Crippen molar-refractivity contribution in [1.29, 1.82) is 0 Å². The topological polar surface area (TPSA) is 29.3 Å². The lowest BCUT2D eigenvalue weighted by Gasteiger charge is -2.16. The molecule has 1 aromatic carbocycles. The van der Waals surface area contributed by atoms with Crippen molar-refractivity contribution in [2.75, 3.05) is 13.6 Å². The molecule has 2 rings (SSSR count). The highest BCUT2D eigenvalue weighted by Gasteiger charge is 2.03. The number of benzene rings is 1. The maximum absolute atomic E-state index is 5.67. The summed E-state index contributed by atoms with van der Waals surface area (Å²) in [6.45, 7) is 2.65. The van der Waals surface area contributed by atoms with Crippen molar-refractivity contribution in [3.8, 4) is 0 Å². The van der Waals surface area contributed by atoms with E-state index in [1.807, 2.05) is 11.3 Å². The zero-order valence-electron chi connectivity index (χ0n) is 11.1. The predicted octanol–water partition coefficient (Wildman–Crippen LogP) is 3.64. The van der Waals surface area contributed by atoms with E-state index < -0.39 is 0 Å². The molecule has 0 saturated carbocycles. The fourth-order valence-electron chi connectivity index (χ4n) is 2.03. The molecule has 1 heterocycles. The zero-order valence-corrected chi connectivity index (χ0v) is 13.5. The van der Waals surface area contributed by atoms with Crippen LogP contribution < -0.4 is 5.73 Å². The Kier molecular flexibility index (Phi) is 5.58. The summed E-state index contributed by atoms with van der Waals surface area (Å²) in [5.74, 6) is 0. The Morgan fingerprint density at radius 3 is 2.74 bits per heavy atom. The first-order chi connectivity index (χ1) is 9.17.